The van der Waals surface area contributed by atoms with Crippen molar-refractivity contribution >= 4 is 34.8 Å². The summed E-state index contributed by atoms with van der Waals surface area (Å²) in [5.74, 6) is -1.36. The van der Waals surface area contributed by atoms with E-state index in [1.807, 2.05) is 25.1 Å². The molecule has 120 valence electrons. The number of halogens is 2. The van der Waals surface area contributed by atoms with Gasteiger partial charge in [0.15, 0.2) is 0 Å². The normalized spacial score (nSPS) is 10.2. The van der Waals surface area contributed by atoms with Crippen LogP contribution in [0.2, 0.25) is 5.02 Å². The lowest BCUT2D eigenvalue weighted by Crippen LogP contribution is -2.33. The number of nitrogens with zero attached hydrogens (tertiary/aromatic N) is 1. The second-order valence-corrected chi connectivity index (χ2v) is 5.23. The van der Waals surface area contributed by atoms with E-state index in [-0.39, 0.29) is 17.4 Å². The van der Waals surface area contributed by atoms with Crippen LogP contribution in [0.25, 0.3) is 0 Å². The molecule has 0 aliphatic rings. The second kappa shape index (κ2) is 7.74. The summed E-state index contributed by atoms with van der Waals surface area (Å²) >= 11 is 5.65. The number of carbonyl (C=O) groups is 2. The standard InChI is InChI=1S/C17H16ClFN2O2/c1-2-21(13-6-4-3-5-7-13)17(23)11-16(22)20-12-8-9-15(19)14(18)10-12/h3-10H,2,11H2,1H3,(H,20,22). The van der Waals surface area contributed by atoms with Crippen LogP contribution in [0.4, 0.5) is 15.8 Å². The molecule has 0 heterocycles. The Balaban J connectivity index is 2.01. The van der Waals surface area contributed by atoms with Crippen LogP contribution in [0.15, 0.2) is 48.5 Å². The Bertz CT molecular complexity index is 707. The van der Waals surface area contributed by atoms with Gasteiger partial charge in [0.2, 0.25) is 11.8 Å². The number of anilines is 2. The van der Waals surface area contributed by atoms with E-state index in [9.17, 15) is 14.0 Å². The summed E-state index contributed by atoms with van der Waals surface area (Å²) in [4.78, 5) is 25.8. The van der Waals surface area contributed by atoms with Gasteiger partial charge in [-0.3, -0.25) is 9.59 Å². The summed E-state index contributed by atoms with van der Waals surface area (Å²) in [7, 11) is 0. The van der Waals surface area contributed by atoms with Crippen LogP contribution < -0.4 is 10.2 Å². The number of hydrogen-bond donors (Lipinski definition) is 1. The molecule has 0 aromatic heterocycles. The lowest BCUT2D eigenvalue weighted by Gasteiger charge is -2.20. The Morgan fingerprint density at radius 3 is 2.48 bits per heavy atom. The first-order chi connectivity index (χ1) is 11.0. The molecule has 0 aliphatic carbocycles. The van der Waals surface area contributed by atoms with Crippen LogP contribution in [0.3, 0.4) is 0 Å². The van der Waals surface area contributed by atoms with E-state index in [2.05, 4.69) is 5.32 Å². The van der Waals surface area contributed by atoms with Crippen molar-refractivity contribution in [1.82, 2.24) is 0 Å². The van der Waals surface area contributed by atoms with E-state index >= 15 is 0 Å². The van der Waals surface area contributed by atoms with Gasteiger partial charge in [-0.25, -0.2) is 4.39 Å². The van der Waals surface area contributed by atoms with Gasteiger partial charge < -0.3 is 10.2 Å². The highest BCUT2D eigenvalue weighted by molar-refractivity contribution is 6.31. The largest absolute Gasteiger partial charge is 0.326 e. The third-order valence-electron chi connectivity index (χ3n) is 3.20. The minimum absolute atomic E-state index is 0.0893. The molecule has 2 aromatic carbocycles. The molecule has 1 N–H and O–H groups in total. The first kappa shape index (κ1) is 17.0. The molecule has 2 amide bonds. The predicted molar refractivity (Wildman–Crippen MR) is 89.1 cm³/mol. The molecule has 4 nitrogen and oxygen atoms in total. The number of rotatable bonds is 5. The molecule has 0 atom stereocenters. The van der Waals surface area contributed by atoms with Gasteiger partial charge in [0.25, 0.3) is 0 Å². The van der Waals surface area contributed by atoms with Crippen molar-refractivity contribution in [1.29, 1.82) is 0 Å². The molecule has 0 radical (unpaired) electrons. The molecule has 23 heavy (non-hydrogen) atoms. The zero-order valence-corrected chi connectivity index (χ0v) is 13.3. The van der Waals surface area contributed by atoms with E-state index in [1.165, 1.54) is 17.0 Å². The maximum atomic E-state index is 13.1. The van der Waals surface area contributed by atoms with Gasteiger partial charge in [0, 0.05) is 17.9 Å². The molecule has 2 aromatic rings. The number of carbonyl (C=O) groups excluding carboxylic acids is 2. The molecular weight excluding hydrogens is 319 g/mol. The number of para-hydroxylation sites is 1. The zero-order chi connectivity index (χ0) is 16.8. The van der Waals surface area contributed by atoms with Gasteiger partial charge >= 0.3 is 0 Å². The number of benzene rings is 2. The van der Waals surface area contributed by atoms with Gasteiger partial charge in [-0.2, -0.15) is 0 Å². The van der Waals surface area contributed by atoms with Crippen molar-refractivity contribution in [2.24, 2.45) is 0 Å². The fraction of sp³-hybridized carbons (Fsp3) is 0.176. The number of amides is 2. The molecule has 0 saturated carbocycles. The zero-order valence-electron chi connectivity index (χ0n) is 12.6. The smallest absolute Gasteiger partial charge is 0.236 e. The van der Waals surface area contributed by atoms with Crippen molar-refractivity contribution in [3.8, 4) is 0 Å². The van der Waals surface area contributed by atoms with Crippen molar-refractivity contribution < 1.29 is 14.0 Å². The molecule has 0 unspecified atom stereocenters. The molecule has 6 heteroatoms. The fourth-order valence-corrected chi connectivity index (χ4v) is 2.30. The van der Waals surface area contributed by atoms with Gasteiger partial charge in [-0.1, -0.05) is 29.8 Å². The van der Waals surface area contributed by atoms with Gasteiger partial charge in [-0.15, -0.1) is 0 Å². The van der Waals surface area contributed by atoms with Crippen molar-refractivity contribution in [2.75, 3.05) is 16.8 Å². The number of hydrogen-bond acceptors (Lipinski definition) is 2. The van der Waals surface area contributed by atoms with E-state index in [1.54, 1.807) is 12.1 Å². The van der Waals surface area contributed by atoms with Crippen LogP contribution in [-0.4, -0.2) is 18.4 Å². The van der Waals surface area contributed by atoms with Crippen LogP contribution in [0.1, 0.15) is 13.3 Å². The lowest BCUT2D eigenvalue weighted by molar-refractivity contribution is -0.125. The molecule has 2 rings (SSSR count). The highest BCUT2D eigenvalue weighted by Crippen LogP contribution is 2.20. The molecule has 0 bridgehead atoms. The monoisotopic (exact) mass is 334 g/mol. The first-order valence-electron chi connectivity index (χ1n) is 7.11. The first-order valence-corrected chi connectivity index (χ1v) is 7.49. The number of nitrogens with one attached hydrogen (secondary N) is 1. The van der Waals surface area contributed by atoms with E-state index < -0.39 is 11.7 Å². The molecule has 0 fully saturated rings. The summed E-state index contributed by atoms with van der Waals surface area (Å²) in [6.07, 6.45) is -0.308. The topological polar surface area (TPSA) is 49.4 Å². The maximum Gasteiger partial charge on any atom is 0.236 e. The minimum atomic E-state index is -0.568. The molecular formula is C17H16ClFN2O2. The summed E-state index contributed by atoms with van der Waals surface area (Å²) < 4.78 is 13.1. The van der Waals surface area contributed by atoms with Crippen molar-refractivity contribution in [3.05, 3.63) is 59.4 Å². The maximum absolute atomic E-state index is 13.1. The molecule has 0 spiro atoms. The lowest BCUT2D eigenvalue weighted by atomic mass is 10.2. The summed E-state index contributed by atoms with van der Waals surface area (Å²) in [5, 5.41) is 2.44. The van der Waals surface area contributed by atoms with Crippen molar-refractivity contribution in [2.45, 2.75) is 13.3 Å². The highest BCUT2D eigenvalue weighted by atomic mass is 35.5. The average Bonchev–Trinajstić information content (AvgIpc) is 2.52. The molecule has 0 aliphatic heterocycles. The van der Waals surface area contributed by atoms with Crippen LogP contribution in [0.5, 0.6) is 0 Å². The van der Waals surface area contributed by atoms with Crippen LogP contribution in [0, 0.1) is 5.82 Å². The SMILES string of the molecule is CCN(C(=O)CC(=O)Nc1ccc(F)c(Cl)c1)c1ccccc1. The minimum Gasteiger partial charge on any atom is -0.326 e. The van der Waals surface area contributed by atoms with Gasteiger partial charge in [0.05, 0.1) is 5.02 Å². The average molecular weight is 335 g/mol. The highest BCUT2D eigenvalue weighted by Gasteiger charge is 2.17. The second-order valence-electron chi connectivity index (χ2n) is 4.83. The Hall–Kier alpha value is -2.40. The summed E-state index contributed by atoms with van der Waals surface area (Å²) in [6.45, 7) is 2.29. The van der Waals surface area contributed by atoms with E-state index in [0.29, 0.717) is 12.2 Å². The Labute approximate surface area is 138 Å². The van der Waals surface area contributed by atoms with Crippen molar-refractivity contribution in [3.63, 3.8) is 0 Å². The van der Waals surface area contributed by atoms with Gasteiger partial charge in [0.1, 0.15) is 12.2 Å². The predicted octanol–water partition coefficient (Wildman–Crippen LogP) is 3.86. The van der Waals surface area contributed by atoms with E-state index in [4.69, 9.17) is 11.6 Å². The third-order valence-corrected chi connectivity index (χ3v) is 3.49. The Morgan fingerprint density at radius 1 is 1.17 bits per heavy atom. The van der Waals surface area contributed by atoms with Crippen LogP contribution >= 0.6 is 11.6 Å². The van der Waals surface area contributed by atoms with E-state index in [0.717, 1.165) is 11.8 Å². The Kier molecular flexibility index (Phi) is 5.71. The van der Waals surface area contributed by atoms with Crippen LogP contribution in [-0.2, 0) is 9.59 Å². The summed E-state index contributed by atoms with van der Waals surface area (Å²) in [5.41, 5.74) is 1.08. The third kappa shape index (κ3) is 4.53. The quantitative estimate of drug-likeness (QED) is 0.844. The fourth-order valence-electron chi connectivity index (χ4n) is 2.12. The van der Waals surface area contributed by atoms with Gasteiger partial charge in [-0.05, 0) is 37.3 Å². The Morgan fingerprint density at radius 2 is 1.87 bits per heavy atom. The molecule has 0 saturated heterocycles. The summed E-state index contributed by atoms with van der Waals surface area (Å²) in [6, 6.07) is 13.0.